The number of benzene rings is 2. The number of rotatable bonds is 6. The monoisotopic (exact) mass is 482 g/mol. The number of anilines is 2. The Morgan fingerprint density at radius 2 is 1.56 bits per heavy atom. The zero-order chi connectivity index (χ0) is 26.0. The van der Waals surface area contributed by atoms with Crippen molar-refractivity contribution < 1.29 is 4.79 Å². The zero-order valence-electron chi connectivity index (χ0n) is 21.8. The van der Waals surface area contributed by atoms with Crippen molar-refractivity contribution in [1.82, 2.24) is 9.55 Å². The number of aryl methyl sites for hydroxylation is 2. The van der Waals surface area contributed by atoms with Gasteiger partial charge in [0, 0.05) is 29.9 Å². The Kier molecular flexibility index (Phi) is 7.25. The van der Waals surface area contributed by atoms with Crippen LogP contribution in [-0.4, -0.2) is 15.6 Å². The minimum atomic E-state index is -0.446. The smallest absolute Gasteiger partial charge is 0.307 e. The van der Waals surface area contributed by atoms with E-state index in [1.165, 1.54) is 4.57 Å². The number of carbonyl (C=O) groups excluding carboxylic acids is 1. The summed E-state index contributed by atoms with van der Waals surface area (Å²) < 4.78 is 1.49. The number of aromatic nitrogens is 2. The Morgan fingerprint density at radius 1 is 0.917 bits per heavy atom. The van der Waals surface area contributed by atoms with Crippen LogP contribution in [0.1, 0.15) is 63.1 Å². The summed E-state index contributed by atoms with van der Waals surface area (Å²) >= 11 is 0. The second-order valence-corrected chi connectivity index (χ2v) is 9.74. The first-order chi connectivity index (χ1) is 17.2. The molecule has 2 amide bonds. The molecule has 0 spiro atoms. The maximum absolute atomic E-state index is 13.6. The summed E-state index contributed by atoms with van der Waals surface area (Å²) in [6.07, 6.45) is 2.53. The highest BCUT2D eigenvalue weighted by Crippen LogP contribution is 2.35. The molecular formula is C30H34N4O2. The van der Waals surface area contributed by atoms with Crippen molar-refractivity contribution in [1.29, 1.82) is 0 Å². The molecule has 4 aromatic rings. The summed E-state index contributed by atoms with van der Waals surface area (Å²) in [5.74, 6) is 0.455. The van der Waals surface area contributed by atoms with E-state index < -0.39 is 6.03 Å². The van der Waals surface area contributed by atoms with Gasteiger partial charge in [0.2, 0.25) is 0 Å². The number of carbonyl (C=O) groups is 1. The summed E-state index contributed by atoms with van der Waals surface area (Å²) in [6.45, 7) is 10.5. The number of urea groups is 1. The van der Waals surface area contributed by atoms with E-state index in [0.717, 1.165) is 39.7 Å². The van der Waals surface area contributed by atoms with E-state index in [0.29, 0.717) is 11.2 Å². The number of hydrogen-bond acceptors (Lipinski definition) is 3. The number of nitrogens with one attached hydrogen (secondary N) is 2. The van der Waals surface area contributed by atoms with Crippen molar-refractivity contribution in [2.24, 2.45) is 7.05 Å². The molecule has 0 saturated carbocycles. The molecule has 36 heavy (non-hydrogen) atoms. The van der Waals surface area contributed by atoms with Crippen molar-refractivity contribution in [3.05, 3.63) is 87.8 Å². The zero-order valence-corrected chi connectivity index (χ0v) is 21.8. The Balaban J connectivity index is 1.86. The van der Waals surface area contributed by atoms with E-state index in [-0.39, 0.29) is 23.1 Å². The third kappa shape index (κ3) is 4.76. The minimum absolute atomic E-state index is 0.228. The van der Waals surface area contributed by atoms with E-state index in [2.05, 4.69) is 62.4 Å². The van der Waals surface area contributed by atoms with Crippen LogP contribution in [-0.2, 0) is 13.5 Å². The van der Waals surface area contributed by atoms with E-state index in [9.17, 15) is 9.59 Å². The maximum Gasteiger partial charge on any atom is 0.323 e. The van der Waals surface area contributed by atoms with Gasteiger partial charge in [0.05, 0.1) is 0 Å². The van der Waals surface area contributed by atoms with Gasteiger partial charge >= 0.3 is 6.03 Å². The first-order valence-corrected chi connectivity index (χ1v) is 12.5. The van der Waals surface area contributed by atoms with Gasteiger partial charge in [0.1, 0.15) is 11.3 Å². The number of amides is 2. The molecule has 0 saturated heterocycles. The molecule has 2 aromatic carbocycles. The van der Waals surface area contributed by atoms with Gasteiger partial charge in [-0.2, -0.15) is 0 Å². The summed E-state index contributed by atoms with van der Waals surface area (Å²) in [5, 5.41) is 6.79. The summed E-state index contributed by atoms with van der Waals surface area (Å²) in [6, 6.07) is 17.5. The van der Waals surface area contributed by atoms with Crippen LogP contribution in [0.4, 0.5) is 16.2 Å². The van der Waals surface area contributed by atoms with Gasteiger partial charge in [0.15, 0.2) is 0 Å². The standard InChI is InChI=1S/C30H34N4O2/c1-7-20-11-8-12-21(17-20)25-24-15-10-16-31-28(24)34(6)29(35)27(25)33-30(36)32-26-22(18(2)3)13-9-14-23(26)19(4)5/h8-19H,7H2,1-6H3,(H2,32,33,36). The van der Waals surface area contributed by atoms with Gasteiger partial charge in [-0.25, -0.2) is 9.78 Å². The predicted octanol–water partition coefficient (Wildman–Crippen LogP) is 7.05. The number of fused-ring (bicyclic) bond motifs is 1. The Hall–Kier alpha value is -3.93. The topological polar surface area (TPSA) is 76.0 Å². The fraction of sp³-hybridized carbons (Fsp3) is 0.300. The van der Waals surface area contributed by atoms with Crippen LogP contribution >= 0.6 is 0 Å². The molecule has 6 heteroatoms. The van der Waals surface area contributed by atoms with E-state index in [4.69, 9.17) is 0 Å². The lowest BCUT2D eigenvalue weighted by Gasteiger charge is -2.21. The Bertz CT molecular complexity index is 1460. The van der Waals surface area contributed by atoms with E-state index in [1.807, 2.05) is 42.5 Å². The van der Waals surface area contributed by atoms with Crippen molar-refractivity contribution in [3.8, 4) is 11.1 Å². The lowest BCUT2D eigenvalue weighted by molar-refractivity contribution is 0.262. The van der Waals surface area contributed by atoms with Gasteiger partial charge in [-0.15, -0.1) is 0 Å². The normalized spacial score (nSPS) is 11.3. The molecule has 2 N–H and O–H groups in total. The second kappa shape index (κ2) is 10.4. The van der Waals surface area contributed by atoms with Gasteiger partial charge < -0.3 is 10.6 Å². The maximum atomic E-state index is 13.6. The predicted molar refractivity (Wildman–Crippen MR) is 149 cm³/mol. The molecule has 2 aromatic heterocycles. The molecule has 2 heterocycles. The molecule has 0 bridgehead atoms. The number of pyridine rings is 2. The largest absolute Gasteiger partial charge is 0.323 e. The molecule has 0 fully saturated rings. The molecule has 0 aliphatic rings. The first-order valence-electron chi connectivity index (χ1n) is 12.5. The third-order valence-electron chi connectivity index (χ3n) is 6.62. The quantitative estimate of drug-likeness (QED) is 0.309. The van der Waals surface area contributed by atoms with Crippen molar-refractivity contribution in [3.63, 3.8) is 0 Å². The Labute approximate surface area is 212 Å². The van der Waals surface area contributed by atoms with Gasteiger partial charge in [-0.3, -0.25) is 9.36 Å². The molecule has 0 aliphatic carbocycles. The lowest BCUT2D eigenvalue weighted by atomic mass is 9.93. The van der Waals surface area contributed by atoms with E-state index in [1.54, 1.807) is 13.2 Å². The molecule has 0 unspecified atom stereocenters. The molecule has 0 aliphatic heterocycles. The highest BCUT2D eigenvalue weighted by Gasteiger charge is 2.21. The van der Waals surface area contributed by atoms with Crippen LogP contribution in [0.5, 0.6) is 0 Å². The van der Waals surface area contributed by atoms with Gasteiger partial charge in [-0.05, 0) is 52.6 Å². The molecule has 4 rings (SSSR count). The number of para-hydroxylation sites is 1. The Morgan fingerprint density at radius 3 is 2.19 bits per heavy atom. The highest BCUT2D eigenvalue weighted by atomic mass is 16.2. The molecule has 6 nitrogen and oxygen atoms in total. The average molecular weight is 483 g/mol. The first kappa shape index (κ1) is 25.2. The van der Waals surface area contributed by atoms with Crippen LogP contribution in [0.3, 0.4) is 0 Å². The summed E-state index contributed by atoms with van der Waals surface area (Å²) in [4.78, 5) is 31.5. The molecule has 186 valence electrons. The van der Waals surface area contributed by atoms with Crippen molar-refractivity contribution in [2.45, 2.75) is 52.9 Å². The molecule has 0 atom stereocenters. The lowest BCUT2D eigenvalue weighted by Crippen LogP contribution is -2.29. The number of nitrogens with zero attached hydrogens (tertiary/aromatic N) is 2. The molecular weight excluding hydrogens is 448 g/mol. The van der Waals surface area contributed by atoms with Crippen LogP contribution in [0.2, 0.25) is 0 Å². The van der Waals surface area contributed by atoms with Crippen LogP contribution in [0.15, 0.2) is 65.6 Å². The van der Waals surface area contributed by atoms with Crippen molar-refractivity contribution >= 4 is 28.4 Å². The van der Waals surface area contributed by atoms with Crippen molar-refractivity contribution in [2.75, 3.05) is 10.6 Å². The van der Waals surface area contributed by atoms with Gasteiger partial charge in [-0.1, -0.05) is 77.1 Å². The molecule has 0 radical (unpaired) electrons. The van der Waals surface area contributed by atoms with Crippen LogP contribution in [0.25, 0.3) is 22.2 Å². The second-order valence-electron chi connectivity index (χ2n) is 9.74. The summed E-state index contributed by atoms with van der Waals surface area (Å²) in [7, 11) is 1.68. The number of hydrogen-bond donors (Lipinski definition) is 2. The SMILES string of the molecule is CCc1cccc(-c2c(NC(=O)Nc3c(C(C)C)cccc3C(C)C)c(=O)n(C)c3ncccc23)c1. The van der Waals surface area contributed by atoms with Gasteiger partial charge in [0.25, 0.3) is 5.56 Å². The highest BCUT2D eigenvalue weighted by molar-refractivity contribution is 6.07. The van der Waals surface area contributed by atoms with E-state index >= 15 is 0 Å². The fourth-order valence-corrected chi connectivity index (χ4v) is 4.68. The average Bonchev–Trinajstić information content (AvgIpc) is 2.87. The third-order valence-corrected chi connectivity index (χ3v) is 6.62. The van der Waals surface area contributed by atoms with Crippen LogP contribution < -0.4 is 16.2 Å². The van der Waals surface area contributed by atoms with Crippen LogP contribution in [0, 0.1) is 0 Å². The summed E-state index contributed by atoms with van der Waals surface area (Å²) in [5.41, 5.74) is 6.09. The minimum Gasteiger partial charge on any atom is -0.307 e. The fourth-order valence-electron chi connectivity index (χ4n) is 4.68.